The second-order valence-electron chi connectivity index (χ2n) is 3.47. The Labute approximate surface area is 77.0 Å². The number of ketones is 1. The summed E-state index contributed by atoms with van der Waals surface area (Å²) in [5.41, 5.74) is -0.572. The number of hydrogen-bond acceptors (Lipinski definition) is 4. The fraction of sp³-hybridized carbons (Fsp3) is 0.625. The lowest BCUT2D eigenvalue weighted by Crippen LogP contribution is -2.35. The minimum Gasteiger partial charge on any atom is -0.444 e. The summed E-state index contributed by atoms with van der Waals surface area (Å²) in [5, 5.41) is 8.79. The Morgan fingerprint density at radius 1 is 1.46 bits per heavy atom. The molecule has 0 saturated heterocycles. The van der Waals surface area contributed by atoms with Crippen LogP contribution in [0.1, 0.15) is 20.8 Å². The Hall–Kier alpha value is -1.39. The van der Waals surface area contributed by atoms with Crippen LogP contribution in [-0.4, -0.2) is 30.2 Å². The molecule has 13 heavy (non-hydrogen) atoms. The summed E-state index contributed by atoms with van der Waals surface area (Å²) in [6.45, 7) is 4.99. The molecule has 1 amide bonds. The van der Waals surface area contributed by atoms with Gasteiger partial charge >= 0.3 is 6.09 Å². The summed E-state index contributed by atoms with van der Waals surface area (Å²) in [4.78, 5) is 21.5. The van der Waals surface area contributed by atoms with Crippen LogP contribution >= 0.6 is 0 Å². The molecule has 5 nitrogen and oxygen atoms in total. The monoisotopic (exact) mass is 186 g/mol. The van der Waals surface area contributed by atoms with Crippen molar-refractivity contribution in [1.29, 1.82) is 5.41 Å². The van der Waals surface area contributed by atoms with Crippen LogP contribution < -0.4 is 5.32 Å². The van der Waals surface area contributed by atoms with Gasteiger partial charge < -0.3 is 15.5 Å². The van der Waals surface area contributed by atoms with Crippen LogP contribution in [0.3, 0.4) is 0 Å². The predicted molar refractivity (Wildman–Crippen MR) is 48.0 cm³/mol. The number of carbonyl (C=O) groups is 2. The highest BCUT2D eigenvalue weighted by Crippen LogP contribution is 2.05. The molecule has 0 bridgehead atoms. The van der Waals surface area contributed by atoms with Gasteiger partial charge in [0, 0.05) is 0 Å². The maximum absolute atomic E-state index is 10.9. The molecule has 0 spiro atoms. The van der Waals surface area contributed by atoms with Crippen LogP contribution in [0.5, 0.6) is 0 Å². The zero-order valence-electron chi connectivity index (χ0n) is 8.01. The summed E-state index contributed by atoms with van der Waals surface area (Å²) in [5.74, 6) is -0.467. The van der Waals surface area contributed by atoms with E-state index in [-0.39, 0.29) is 6.54 Å². The van der Waals surface area contributed by atoms with Crippen molar-refractivity contribution in [1.82, 2.24) is 5.32 Å². The van der Waals surface area contributed by atoms with Gasteiger partial charge in [0.2, 0.25) is 0 Å². The molecule has 0 saturated carbocycles. The first-order chi connectivity index (χ1) is 5.85. The second-order valence-corrected chi connectivity index (χ2v) is 3.47. The molecule has 0 rings (SSSR count). The molecule has 0 aromatic carbocycles. The molecule has 0 atom stereocenters. The molecule has 5 heteroatoms. The number of hydrogen-bond donors (Lipinski definition) is 2. The third kappa shape index (κ3) is 6.99. The van der Waals surface area contributed by atoms with E-state index in [4.69, 9.17) is 10.1 Å². The lowest BCUT2D eigenvalue weighted by Gasteiger charge is -2.19. The zero-order chi connectivity index (χ0) is 10.5. The van der Waals surface area contributed by atoms with E-state index in [1.54, 1.807) is 20.8 Å². The van der Waals surface area contributed by atoms with Gasteiger partial charge in [0.05, 0.1) is 12.8 Å². The van der Waals surface area contributed by atoms with E-state index in [9.17, 15) is 9.59 Å². The molecule has 0 unspecified atom stereocenters. The van der Waals surface area contributed by atoms with Gasteiger partial charge in [-0.05, 0) is 20.8 Å². The van der Waals surface area contributed by atoms with Crippen molar-refractivity contribution in [2.75, 3.05) is 6.54 Å². The Morgan fingerprint density at radius 3 is 2.38 bits per heavy atom. The van der Waals surface area contributed by atoms with Crippen molar-refractivity contribution >= 4 is 18.1 Å². The summed E-state index contributed by atoms with van der Waals surface area (Å²) in [6.07, 6.45) is -0.000111. The molecular weight excluding hydrogens is 172 g/mol. The molecule has 0 heterocycles. The molecule has 0 aliphatic heterocycles. The molecule has 0 fully saturated rings. The van der Waals surface area contributed by atoms with Crippen LogP contribution in [0, 0.1) is 5.41 Å². The quantitative estimate of drug-likeness (QED) is 0.637. The van der Waals surface area contributed by atoms with Gasteiger partial charge in [-0.2, -0.15) is 0 Å². The van der Waals surface area contributed by atoms with E-state index < -0.39 is 17.5 Å². The molecule has 0 radical (unpaired) electrons. The predicted octanol–water partition coefficient (Wildman–Crippen LogP) is 0.730. The first kappa shape index (κ1) is 11.6. The molecule has 2 N–H and O–H groups in total. The van der Waals surface area contributed by atoms with E-state index in [0.717, 1.165) is 0 Å². The number of rotatable bonds is 3. The van der Waals surface area contributed by atoms with Crippen molar-refractivity contribution < 1.29 is 14.3 Å². The number of nitrogens with one attached hydrogen (secondary N) is 2. The van der Waals surface area contributed by atoms with Gasteiger partial charge in [-0.3, -0.25) is 4.79 Å². The second kappa shape index (κ2) is 4.59. The largest absolute Gasteiger partial charge is 0.444 e. The van der Waals surface area contributed by atoms with Crippen molar-refractivity contribution in [2.45, 2.75) is 26.4 Å². The van der Waals surface area contributed by atoms with E-state index in [1.165, 1.54) is 0 Å². The summed E-state index contributed by atoms with van der Waals surface area (Å²) >= 11 is 0. The van der Waals surface area contributed by atoms with Gasteiger partial charge in [0.1, 0.15) is 5.60 Å². The lowest BCUT2D eigenvalue weighted by molar-refractivity contribution is -0.111. The molecule has 0 aromatic heterocycles. The number of ether oxygens (including phenoxy) is 1. The van der Waals surface area contributed by atoms with Gasteiger partial charge in [-0.25, -0.2) is 4.79 Å². The summed E-state index contributed by atoms with van der Waals surface area (Å²) < 4.78 is 4.86. The van der Waals surface area contributed by atoms with E-state index >= 15 is 0 Å². The molecule has 0 aliphatic rings. The number of amides is 1. The van der Waals surface area contributed by atoms with Crippen LogP contribution in [0.4, 0.5) is 4.79 Å². The SMILES string of the molecule is CC(C)(C)OC(=O)NCC(=O)C=N. The third-order valence-electron chi connectivity index (χ3n) is 0.967. The highest BCUT2D eigenvalue weighted by atomic mass is 16.6. The van der Waals surface area contributed by atoms with Crippen LogP contribution in [-0.2, 0) is 9.53 Å². The van der Waals surface area contributed by atoms with Crippen molar-refractivity contribution in [3.63, 3.8) is 0 Å². The number of alkyl carbamates (subject to hydrolysis) is 1. The normalized spacial score (nSPS) is 10.4. The van der Waals surface area contributed by atoms with Crippen LogP contribution in [0.15, 0.2) is 0 Å². The Morgan fingerprint density at radius 2 is 2.00 bits per heavy atom. The van der Waals surface area contributed by atoms with Gasteiger partial charge in [0.15, 0.2) is 5.78 Å². The average molecular weight is 186 g/mol. The fourth-order valence-corrected chi connectivity index (χ4v) is 0.524. The van der Waals surface area contributed by atoms with Crippen LogP contribution in [0.25, 0.3) is 0 Å². The maximum Gasteiger partial charge on any atom is 0.408 e. The van der Waals surface area contributed by atoms with E-state index in [2.05, 4.69) is 5.32 Å². The van der Waals surface area contributed by atoms with Crippen molar-refractivity contribution in [3.05, 3.63) is 0 Å². The standard InChI is InChI=1S/C8H14N2O3/c1-8(2,3)13-7(12)10-5-6(11)4-9/h4,9H,5H2,1-3H3,(H,10,12). The Kier molecular flexibility index (Phi) is 4.10. The molecule has 74 valence electrons. The molecular formula is C8H14N2O3. The van der Waals surface area contributed by atoms with Crippen molar-refractivity contribution in [2.24, 2.45) is 0 Å². The molecule has 0 aliphatic carbocycles. The van der Waals surface area contributed by atoms with E-state index in [1.807, 2.05) is 0 Å². The van der Waals surface area contributed by atoms with Gasteiger partial charge in [0.25, 0.3) is 0 Å². The number of carbonyl (C=O) groups excluding carboxylic acids is 2. The van der Waals surface area contributed by atoms with Crippen molar-refractivity contribution in [3.8, 4) is 0 Å². The van der Waals surface area contributed by atoms with Gasteiger partial charge in [-0.1, -0.05) is 0 Å². The van der Waals surface area contributed by atoms with Gasteiger partial charge in [-0.15, -0.1) is 0 Å². The summed E-state index contributed by atoms with van der Waals surface area (Å²) in [7, 11) is 0. The Bertz CT molecular complexity index is 218. The maximum atomic E-state index is 10.9. The first-order valence-corrected chi connectivity index (χ1v) is 3.85. The minimum absolute atomic E-state index is 0.196. The zero-order valence-corrected chi connectivity index (χ0v) is 8.01. The van der Waals surface area contributed by atoms with E-state index in [0.29, 0.717) is 6.21 Å². The highest BCUT2D eigenvalue weighted by molar-refractivity contribution is 6.27. The topological polar surface area (TPSA) is 79.2 Å². The van der Waals surface area contributed by atoms with Crippen LogP contribution in [0.2, 0.25) is 0 Å². The third-order valence-corrected chi connectivity index (χ3v) is 0.967. The summed E-state index contributed by atoms with van der Waals surface area (Å²) in [6, 6.07) is 0. The average Bonchev–Trinajstić information content (AvgIpc) is 1.97. The minimum atomic E-state index is -0.650. The number of Topliss-reactive ketones (excluding diaryl/α,β-unsaturated/α-hetero) is 1. The fourth-order valence-electron chi connectivity index (χ4n) is 0.524. The first-order valence-electron chi connectivity index (χ1n) is 3.85. The smallest absolute Gasteiger partial charge is 0.408 e. The Balaban J connectivity index is 3.77. The lowest BCUT2D eigenvalue weighted by atomic mass is 10.2. The molecule has 0 aromatic rings. The highest BCUT2D eigenvalue weighted by Gasteiger charge is 2.15.